The molecular weight excluding hydrogens is 126 g/mol. The third-order valence-electron chi connectivity index (χ3n) is 0.199. The minimum atomic E-state index is -3.41. The first kappa shape index (κ1) is 6.20. The first-order chi connectivity index (χ1) is 2.56. The van der Waals surface area contributed by atoms with Gasteiger partial charge < -0.3 is 5.73 Å². The fourth-order valence-electron chi connectivity index (χ4n) is 0. The van der Waals surface area contributed by atoms with Crippen LogP contribution >= 0.6 is 10.7 Å². The third-order valence-corrected chi connectivity index (χ3v) is 0.975. The van der Waals surface area contributed by atoms with Crippen molar-refractivity contribution in [3.8, 4) is 0 Å². The van der Waals surface area contributed by atoms with Crippen LogP contribution in [-0.4, -0.2) is 14.3 Å². The van der Waals surface area contributed by atoms with Crippen molar-refractivity contribution >= 4 is 19.7 Å². The zero-order valence-electron chi connectivity index (χ0n) is 2.89. The lowest BCUT2D eigenvalue weighted by atomic mass is 11.6. The van der Waals surface area contributed by atoms with Crippen molar-refractivity contribution in [1.82, 2.24) is 0 Å². The lowest BCUT2D eigenvalue weighted by molar-refractivity contribution is 0.610. The normalized spacial score (nSPS) is 11.7. The van der Waals surface area contributed by atoms with Gasteiger partial charge in [-0.05, 0) is 0 Å². The molecule has 0 aromatic heterocycles. The van der Waals surface area contributed by atoms with Crippen LogP contribution in [0.3, 0.4) is 0 Å². The minimum Gasteiger partial charge on any atom is -0.317 e. The Kier molecular flexibility index (Phi) is 1.83. The summed E-state index contributed by atoms with van der Waals surface area (Å²) in [5.41, 5.74) is 4.59. The molecule has 0 aromatic rings. The highest BCUT2D eigenvalue weighted by molar-refractivity contribution is 8.13. The number of halogens is 1. The highest BCUT2D eigenvalue weighted by Gasteiger charge is 1.95. The van der Waals surface area contributed by atoms with E-state index in [1.54, 1.807) is 0 Å². The molecule has 0 rings (SSSR count). The topological polar surface area (TPSA) is 60.2 Å². The molecule has 0 saturated heterocycles. The molecule has 0 aliphatic carbocycles. The van der Waals surface area contributed by atoms with Crippen LogP contribution in [0.2, 0.25) is 0 Å². The van der Waals surface area contributed by atoms with Gasteiger partial charge in [0.2, 0.25) is 9.05 Å². The summed E-state index contributed by atoms with van der Waals surface area (Å²) in [5, 5.41) is 0. The van der Waals surface area contributed by atoms with Gasteiger partial charge in [-0.1, -0.05) is 0 Å². The van der Waals surface area contributed by atoms with E-state index in [1.807, 2.05) is 0 Å². The first-order valence-corrected chi connectivity index (χ1v) is 3.66. The quantitative estimate of drug-likeness (QED) is 0.485. The molecule has 0 saturated carbocycles. The molecule has 0 aliphatic rings. The fraction of sp³-hybridized carbons (Fsp3) is 1.00. The van der Waals surface area contributed by atoms with Gasteiger partial charge in [0.15, 0.2) is 0 Å². The Bertz CT molecular complexity index is 116. The molecule has 0 aliphatic heterocycles. The highest BCUT2D eigenvalue weighted by Crippen LogP contribution is 1.87. The van der Waals surface area contributed by atoms with E-state index in [0.717, 1.165) is 0 Å². The zero-order chi connectivity index (χ0) is 5.21. The van der Waals surface area contributed by atoms with E-state index in [9.17, 15) is 8.42 Å². The number of rotatable bonds is 1. The molecular formula is CH4ClNO2S. The molecule has 0 heterocycles. The molecule has 3 nitrogen and oxygen atoms in total. The minimum absolute atomic E-state index is 0.492. The molecule has 0 aromatic carbocycles. The number of hydrogen-bond donors (Lipinski definition) is 1. The molecule has 0 radical (unpaired) electrons. The Labute approximate surface area is 40.5 Å². The smallest absolute Gasteiger partial charge is 0.245 e. The number of hydrogen-bond acceptors (Lipinski definition) is 3. The molecule has 6 heavy (non-hydrogen) atoms. The van der Waals surface area contributed by atoms with Crippen LogP contribution in [0.1, 0.15) is 0 Å². The van der Waals surface area contributed by atoms with Crippen LogP contribution in [0.25, 0.3) is 0 Å². The Balaban J connectivity index is 3.85. The lowest BCUT2D eigenvalue weighted by Gasteiger charge is -1.78. The van der Waals surface area contributed by atoms with E-state index < -0.39 is 14.9 Å². The van der Waals surface area contributed by atoms with Crippen molar-refractivity contribution in [3.63, 3.8) is 0 Å². The van der Waals surface area contributed by atoms with E-state index in [2.05, 4.69) is 16.4 Å². The average Bonchev–Trinajstić information content (AvgIpc) is 1.35. The maximum Gasteiger partial charge on any atom is 0.245 e. The van der Waals surface area contributed by atoms with E-state index in [4.69, 9.17) is 0 Å². The van der Waals surface area contributed by atoms with Gasteiger partial charge in [-0.25, -0.2) is 8.42 Å². The van der Waals surface area contributed by atoms with Crippen molar-refractivity contribution < 1.29 is 8.42 Å². The third kappa shape index (κ3) is 4.20. The summed E-state index contributed by atoms with van der Waals surface area (Å²) in [6, 6.07) is 0. The van der Waals surface area contributed by atoms with E-state index >= 15 is 0 Å². The monoisotopic (exact) mass is 129 g/mol. The summed E-state index contributed by atoms with van der Waals surface area (Å²) < 4.78 is 19.3. The maximum absolute atomic E-state index is 9.64. The maximum atomic E-state index is 9.64. The van der Waals surface area contributed by atoms with Gasteiger partial charge >= 0.3 is 0 Å². The summed E-state index contributed by atoms with van der Waals surface area (Å²) in [7, 11) is 1.15. The molecule has 0 amide bonds. The molecule has 0 bridgehead atoms. The summed E-state index contributed by atoms with van der Waals surface area (Å²) in [6.45, 7) is 0. The molecule has 38 valence electrons. The summed E-state index contributed by atoms with van der Waals surface area (Å²) in [6.07, 6.45) is 0. The van der Waals surface area contributed by atoms with E-state index in [-0.39, 0.29) is 0 Å². The molecule has 2 N–H and O–H groups in total. The Morgan fingerprint density at radius 2 is 1.83 bits per heavy atom. The van der Waals surface area contributed by atoms with Gasteiger partial charge in [0.25, 0.3) is 0 Å². The molecule has 5 heteroatoms. The second-order valence-electron chi connectivity index (χ2n) is 0.706. The van der Waals surface area contributed by atoms with Gasteiger partial charge in [-0.2, -0.15) is 0 Å². The van der Waals surface area contributed by atoms with Crippen molar-refractivity contribution in [1.29, 1.82) is 0 Å². The largest absolute Gasteiger partial charge is 0.317 e. The Morgan fingerprint density at radius 1 is 1.67 bits per heavy atom. The van der Waals surface area contributed by atoms with E-state index in [0.29, 0.717) is 0 Å². The van der Waals surface area contributed by atoms with Crippen molar-refractivity contribution in [2.45, 2.75) is 0 Å². The summed E-state index contributed by atoms with van der Waals surface area (Å²) in [4.78, 5) is 0. The average molecular weight is 130 g/mol. The first-order valence-electron chi connectivity index (χ1n) is 1.18. The summed E-state index contributed by atoms with van der Waals surface area (Å²) >= 11 is 0. The van der Waals surface area contributed by atoms with Crippen LogP contribution in [-0.2, 0) is 9.05 Å². The highest BCUT2D eigenvalue weighted by atomic mass is 35.7. The summed E-state index contributed by atoms with van der Waals surface area (Å²) in [5.74, 6) is -0.492. The van der Waals surface area contributed by atoms with Crippen LogP contribution in [0.4, 0.5) is 0 Å². The fourth-order valence-corrected chi connectivity index (χ4v) is 0. The van der Waals surface area contributed by atoms with Crippen LogP contribution < -0.4 is 5.73 Å². The van der Waals surface area contributed by atoms with E-state index in [1.165, 1.54) is 0 Å². The molecule has 0 fully saturated rings. The van der Waals surface area contributed by atoms with Crippen LogP contribution in [0, 0.1) is 0 Å². The van der Waals surface area contributed by atoms with Gasteiger partial charge in [-0.15, -0.1) is 0 Å². The zero-order valence-corrected chi connectivity index (χ0v) is 4.46. The van der Waals surface area contributed by atoms with Gasteiger partial charge in [0.1, 0.15) is 5.88 Å². The van der Waals surface area contributed by atoms with Crippen molar-refractivity contribution in [2.75, 3.05) is 5.88 Å². The van der Waals surface area contributed by atoms with Crippen LogP contribution in [0.15, 0.2) is 0 Å². The molecule has 0 spiro atoms. The Morgan fingerprint density at radius 3 is 1.83 bits per heavy atom. The molecule has 0 atom stereocenters. The Hall–Kier alpha value is 0.200. The molecule has 0 unspecified atom stereocenters. The standard InChI is InChI=1S/CH4ClNO2S/c2-6(4,5)1-3/h1,3H2. The van der Waals surface area contributed by atoms with Crippen molar-refractivity contribution in [2.24, 2.45) is 5.73 Å². The predicted octanol–water partition coefficient (Wildman–Crippen LogP) is -0.529. The predicted molar refractivity (Wildman–Crippen MR) is 23.8 cm³/mol. The second-order valence-corrected chi connectivity index (χ2v) is 3.53. The SMILES string of the molecule is NCS(=O)(=O)Cl. The van der Waals surface area contributed by atoms with Crippen molar-refractivity contribution in [3.05, 3.63) is 0 Å². The second kappa shape index (κ2) is 1.77. The van der Waals surface area contributed by atoms with Gasteiger partial charge in [0.05, 0.1) is 0 Å². The van der Waals surface area contributed by atoms with Gasteiger partial charge in [-0.3, -0.25) is 0 Å². The number of nitrogens with two attached hydrogens (primary N) is 1. The van der Waals surface area contributed by atoms with Crippen LogP contribution in [0.5, 0.6) is 0 Å². The van der Waals surface area contributed by atoms with Gasteiger partial charge in [0, 0.05) is 10.7 Å². The lowest BCUT2D eigenvalue weighted by Crippen LogP contribution is -2.06.